The fourth-order valence-corrected chi connectivity index (χ4v) is 10.4. The first-order valence-corrected chi connectivity index (χ1v) is 16.6. The minimum Gasteiger partial charge on any atom is -0.359 e. The van der Waals surface area contributed by atoms with Crippen molar-refractivity contribution in [3.05, 3.63) is 0 Å². The van der Waals surface area contributed by atoms with Crippen molar-refractivity contribution in [2.24, 2.45) is 23.7 Å². The number of hydrogen-bond acceptors (Lipinski definition) is 12. The number of carbonyl (C=O) groups is 1. The Kier molecular flexibility index (Phi) is 10.5. The predicted octanol–water partition coefficient (Wildman–Crippen LogP) is 2.51. The van der Waals surface area contributed by atoms with E-state index in [1.807, 2.05) is 23.5 Å². The molecule has 12 heteroatoms. The molecule has 0 radical (unpaired) electrons. The van der Waals surface area contributed by atoms with Gasteiger partial charge in [0.05, 0.1) is 50.5 Å². The first kappa shape index (κ1) is 28.9. The van der Waals surface area contributed by atoms with Crippen LogP contribution in [0.15, 0.2) is 0 Å². The maximum absolute atomic E-state index is 14.4. The Balaban J connectivity index is 1.41. The lowest BCUT2D eigenvalue weighted by Gasteiger charge is -2.48. The summed E-state index contributed by atoms with van der Waals surface area (Å²) in [6.07, 6.45) is 0.849. The highest BCUT2D eigenvalue weighted by molar-refractivity contribution is 7.99. The van der Waals surface area contributed by atoms with Gasteiger partial charge in [0.2, 0.25) is 0 Å². The molecule has 0 aromatic heterocycles. The molecule has 5 rings (SSSR count). The van der Waals surface area contributed by atoms with Gasteiger partial charge in [-0.2, -0.15) is 35.3 Å². The average Bonchev–Trinajstić information content (AvgIpc) is 3.58. The van der Waals surface area contributed by atoms with Crippen LogP contribution in [0.5, 0.6) is 0 Å². The maximum atomic E-state index is 14.4. The van der Waals surface area contributed by atoms with Gasteiger partial charge in [-0.1, -0.05) is 0 Å². The van der Waals surface area contributed by atoms with E-state index in [9.17, 15) is 4.79 Å². The highest BCUT2D eigenvalue weighted by Gasteiger charge is 2.57. The molecule has 0 N–H and O–H groups in total. The van der Waals surface area contributed by atoms with Crippen molar-refractivity contribution in [1.29, 1.82) is 0 Å². The zero-order valence-corrected chi connectivity index (χ0v) is 24.2. The van der Waals surface area contributed by atoms with Gasteiger partial charge < -0.3 is 37.9 Å². The molecule has 0 aromatic carbocycles. The van der Waals surface area contributed by atoms with Crippen LogP contribution in [-0.2, 0) is 42.7 Å². The molecule has 5 heterocycles. The number of carbonyl (C=O) groups excluding carboxylic acids is 1. The van der Waals surface area contributed by atoms with E-state index in [0.29, 0.717) is 37.9 Å². The van der Waals surface area contributed by atoms with Gasteiger partial charge in [-0.25, -0.2) is 0 Å². The molecule has 37 heavy (non-hydrogen) atoms. The van der Waals surface area contributed by atoms with Gasteiger partial charge in [0.25, 0.3) is 0 Å². The van der Waals surface area contributed by atoms with Crippen LogP contribution >= 0.6 is 35.3 Å². The highest BCUT2D eigenvalue weighted by atomic mass is 32.2. The van der Waals surface area contributed by atoms with Crippen LogP contribution in [0, 0.1) is 23.7 Å². The summed E-state index contributed by atoms with van der Waals surface area (Å²) in [5.41, 5.74) is 0. The average molecular weight is 581 g/mol. The zero-order valence-electron chi connectivity index (χ0n) is 21.8. The van der Waals surface area contributed by atoms with Crippen molar-refractivity contribution in [2.75, 3.05) is 88.8 Å². The van der Waals surface area contributed by atoms with Gasteiger partial charge in [-0.05, 0) is 11.5 Å². The Morgan fingerprint density at radius 2 is 1.16 bits per heavy atom. The molecule has 5 aliphatic heterocycles. The van der Waals surface area contributed by atoms with E-state index in [1.165, 1.54) is 0 Å². The summed E-state index contributed by atoms with van der Waals surface area (Å²) in [4.78, 5) is 14.4. The molecule has 0 amide bonds. The van der Waals surface area contributed by atoms with Gasteiger partial charge in [-0.3, -0.25) is 4.79 Å². The maximum Gasteiger partial charge on any atom is 0.175 e. The van der Waals surface area contributed by atoms with E-state index < -0.39 is 11.6 Å². The summed E-state index contributed by atoms with van der Waals surface area (Å²) in [5, 5.41) is 0. The Labute approximate surface area is 232 Å². The summed E-state index contributed by atoms with van der Waals surface area (Å²) in [6, 6.07) is 0. The van der Waals surface area contributed by atoms with Gasteiger partial charge in [0, 0.05) is 61.9 Å². The molecular weight excluding hydrogens is 540 g/mol. The Morgan fingerprint density at radius 1 is 0.730 bits per heavy atom. The molecule has 6 atom stereocenters. The Hall–Kier alpha value is 0.400. The minimum absolute atomic E-state index is 0.0615. The van der Waals surface area contributed by atoms with Crippen LogP contribution in [0.25, 0.3) is 0 Å². The molecule has 5 aliphatic rings. The van der Waals surface area contributed by atoms with Crippen molar-refractivity contribution in [1.82, 2.24) is 0 Å². The number of Topliss-reactive ketones (excluding diaryl/α,β-unsaturated/α-hetero) is 1. The van der Waals surface area contributed by atoms with Crippen molar-refractivity contribution >= 4 is 41.1 Å². The third kappa shape index (κ3) is 6.05. The van der Waals surface area contributed by atoms with Crippen molar-refractivity contribution in [2.45, 2.75) is 36.6 Å². The van der Waals surface area contributed by atoms with Crippen molar-refractivity contribution in [3.63, 3.8) is 0 Å². The highest BCUT2D eigenvalue weighted by Crippen LogP contribution is 2.48. The summed E-state index contributed by atoms with van der Waals surface area (Å²) in [6.45, 7) is 2.53. The summed E-state index contributed by atoms with van der Waals surface area (Å²) in [5.74, 6) is 2.99. The normalized spacial score (nSPS) is 35.2. The molecule has 5 saturated heterocycles. The van der Waals surface area contributed by atoms with E-state index in [1.54, 1.807) is 26.0 Å². The van der Waals surface area contributed by atoms with Crippen molar-refractivity contribution < 1.29 is 42.7 Å². The van der Waals surface area contributed by atoms with E-state index in [-0.39, 0.29) is 55.2 Å². The molecule has 9 nitrogen and oxygen atoms in total. The van der Waals surface area contributed by atoms with Crippen LogP contribution in [0.3, 0.4) is 0 Å². The monoisotopic (exact) mass is 580 g/mol. The van der Waals surface area contributed by atoms with Crippen molar-refractivity contribution in [3.8, 4) is 0 Å². The fourth-order valence-electron chi connectivity index (χ4n) is 6.42. The number of rotatable bonds is 10. The van der Waals surface area contributed by atoms with Gasteiger partial charge in [0.15, 0.2) is 11.6 Å². The quantitative estimate of drug-likeness (QED) is 0.356. The molecule has 2 spiro atoms. The standard InChI is InChI=1S/C25H40O9S3/c1-27-15-29-22(19-13-35-9-3-24(19)31-5-6-32-24)17-11-37-12-18(21(17)26)23(30-16-28-2)20-14-36-10-4-25(20)33-7-8-34-25/h17-20,22-23H,3-16H2,1-2H3/t17-,18-,19-,20-,22-,23+/m1/s1. The smallest absolute Gasteiger partial charge is 0.175 e. The zero-order chi connectivity index (χ0) is 25.7. The SMILES string of the molecule is COCO[C@H]([C@@H]1CSC[C@@H]([C@H](OCOC)[C@H]2CSCCC23OCCO3)C1=O)[C@H]1CSCCC12OCCO2. The van der Waals surface area contributed by atoms with E-state index in [0.717, 1.165) is 35.9 Å². The number of ketones is 1. The third-order valence-electron chi connectivity index (χ3n) is 8.14. The predicted molar refractivity (Wildman–Crippen MR) is 143 cm³/mol. The summed E-state index contributed by atoms with van der Waals surface area (Å²) in [7, 11) is 3.23. The first-order valence-electron chi connectivity index (χ1n) is 13.2. The molecule has 0 bridgehead atoms. The molecule has 5 fully saturated rings. The van der Waals surface area contributed by atoms with Crippen LogP contribution in [-0.4, -0.2) is 118 Å². The van der Waals surface area contributed by atoms with E-state index in [4.69, 9.17) is 37.9 Å². The van der Waals surface area contributed by atoms with Crippen LogP contribution in [0.4, 0.5) is 0 Å². The first-order chi connectivity index (χ1) is 18.1. The lowest BCUT2D eigenvalue weighted by molar-refractivity contribution is -0.238. The second-order valence-electron chi connectivity index (χ2n) is 10.1. The Bertz CT molecular complexity index is 689. The third-order valence-corrected chi connectivity index (χ3v) is 11.5. The lowest BCUT2D eigenvalue weighted by atomic mass is 9.76. The molecule has 0 aromatic rings. The second-order valence-corrected chi connectivity index (χ2v) is 13.5. The minimum atomic E-state index is -0.691. The molecule has 0 unspecified atom stereocenters. The molecular formula is C25H40O9S3. The van der Waals surface area contributed by atoms with Crippen LogP contribution in [0.2, 0.25) is 0 Å². The second kappa shape index (κ2) is 13.4. The Morgan fingerprint density at radius 3 is 1.57 bits per heavy atom. The molecule has 212 valence electrons. The fraction of sp³-hybridized carbons (Fsp3) is 0.960. The van der Waals surface area contributed by atoms with E-state index in [2.05, 4.69) is 0 Å². The van der Waals surface area contributed by atoms with Crippen LogP contribution < -0.4 is 0 Å². The van der Waals surface area contributed by atoms with Gasteiger partial charge >= 0.3 is 0 Å². The number of ether oxygens (including phenoxy) is 8. The number of thioether (sulfide) groups is 3. The van der Waals surface area contributed by atoms with E-state index >= 15 is 0 Å². The van der Waals surface area contributed by atoms with Gasteiger partial charge in [0.1, 0.15) is 19.4 Å². The number of hydrogen-bond donors (Lipinski definition) is 0. The largest absolute Gasteiger partial charge is 0.359 e. The number of methoxy groups -OCH3 is 2. The molecule has 0 aliphatic carbocycles. The topological polar surface area (TPSA) is 90.9 Å². The van der Waals surface area contributed by atoms with Gasteiger partial charge in [-0.15, -0.1) is 0 Å². The summed E-state index contributed by atoms with van der Waals surface area (Å²) >= 11 is 5.53. The lowest BCUT2D eigenvalue weighted by Crippen LogP contribution is -2.58. The summed E-state index contributed by atoms with van der Waals surface area (Å²) < 4.78 is 48.2. The van der Waals surface area contributed by atoms with Crippen LogP contribution in [0.1, 0.15) is 12.8 Å². The molecule has 0 saturated carbocycles.